The van der Waals surface area contributed by atoms with Gasteiger partial charge in [0.1, 0.15) is 0 Å². The lowest BCUT2D eigenvalue weighted by Gasteiger charge is -2.19. The van der Waals surface area contributed by atoms with Crippen LogP contribution in [0.5, 0.6) is 0 Å². The first-order valence-corrected chi connectivity index (χ1v) is 7.71. The highest BCUT2D eigenvalue weighted by Crippen LogP contribution is 2.34. The molecule has 0 unspecified atom stereocenters. The molecule has 1 heterocycles. The van der Waals surface area contributed by atoms with Crippen molar-refractivity contribution >= 4 is 10.9 Å². The SMILES string of the molecule is CCc1[nH]c2ccccc2c1-c1ccc(C(C)(C)C)cc1. The first-order valence-electron chi connectivity index (χ1n) is 7.71. The van der Waals surface area contributed by atoms with Crippen molar-refractivity contribution in [2.24, 2.45) is 0 Å². The Kier molecular flexibility index (Phi) is 3.36. The Morgan fingerprint density at radius 3 is 2.19 bits per heavy atom. The van der Waals surface area contributed by atoms with Crippen LogP contribution in [0.3, 0.4) is 0 Å². The predicted molar refractivity (Wildman–Crippen MR) is 91.8 cm³/mol. The molecule has 0 aliphatic rings. The molecule has 1 N–H and O–H groups in total. The number of fused-ring (bicyclic) bond motifs is 1. The van der Waals surface area contributed by atoms with Crippen LogP contribution in [-0.4, -0.2) is 4.98 Å². The molecule has 0 bridgehead atoms. The molecule has 0 atom stereocenters. The van der Waals surface area contributed by atoms with Crippen LogP contribution < -0.4 is 0 Å². The number of benzene rings is 2. The molecule has 0 radical (unpaired) electrons. The molecule has 0 saturated carbocycles. The fraction of sp³-hybridized carbons (Fsp3) is 0.300. The molecule has 21 heavy (non-hydrogen) atoms. The zero-order chi connectivity index (χ0) is 15.0. The maximum atomic E-state index is 3.56. The van der Waals surface area contributed by atoms with Crippen LogP contribution >= 0.6 is 0 Å². The minimum Gasteiger partial charge on any atom is -0.358 e. The summed E-state index contributed by atoms with van der Waals surface area (Å²) < 4.78 is 0. The van der Waals surface area contributed by atoms with Crippen molar-refractivity contribution in [2.45, 2.75) is 39.5 Å². The predicted octanol–water partition coefficient (Wildman–Crippen LogP) is 5.69. The number of hydrogen-bond donors (Lipinski definition) is 1. The fourth-order valence-corrected chi connectivity index (χ4v) is 2.93. The van der Waals surface area contributed by atoms with Crippen molar-refractivity contribution in [1.82, 2.24) is 4.98 Å². The van der Waals surface area contributed by atoms with E-state index in [1.54, 1.807) is 0 Å². The number of para-hydroxylation sites is 1. The molecular weight excluding hydrogens is 254 g/mol. The highest BCUT2D eigenvalue weighted by molar-refractivity contribution is 5.97. The van der Waals surface area contributed by atoms with Crippen LogP contribution in [-0.2, 0) is 11.8 Å². The fourth-order valence-electron chi connectivity index (χ4n) is 2.93. The van der Waals surface area contributed by atoms with Gasteiger partial charge in [-0.05, 0) is 29.0 Å². The molecule has 0 saturated heterocycles. The Morgan fingerprint density at radius 1 is 0.905 bits per heavy atom. The third-order valence-electron chi connectivity index (χ3n) is 4.18. The summed E-state index contributed by atoms with van der Waals surface area (Å²) in [7, 11) is 0. The molecule has 3 aromatic rings. The number of aryl methyl sites for hydroxylation is 1. The number of rotatable bonds is 2. The second kappa shape index (κ2) is 5.07. The lowest BCUT2D eigenvalue weighted by Crippen LogP contribution is -2.10. The van der Waals surface area contributed by atoms with E-state index in [1.165, 1.54) is 33.3 Å². The van der Waals surface area contributed by atoms with Crippen molar-refractivity contribution in [3.63, 3.8) is 0 Å². The van der Waals surface area contributed by atoms with Gasteiger partial charge in [0.2, 0.25) is 0 Å². The third-order valence-corrected chi connectivity index (χ3v) is 4.18. The van der Waals surface area contributed by atoms with Crippen LogP contribution in [0.2, 0.25) is 0 Å². The van der Waals surface area contributed by atoms with Gasteiger partial charge in [0, 0.05) is 22.2 Å². The average molecular weight is 277 g/mol. The summed E-state index contributed by atoms with van der Waals surface area (Å²) in [6, 6.07) is 17.6. The van der Waals surface area contributed by atoms with Crippen LogP contribution in [0, 0.1) is 0 Å². The summed E-state index contributed by atoms with van der Waals surface area (Å²) in [5.41, 5.74) is 6.78. The zero-order valence-corrected chi connectivity index (χ0v) is 13.3. The minimum atomic E-state index is 0.201. The maximum Gasteiger partial charge on any atom is 0.0462 e. The standard InChI is InChI=1S/C20H23N/c1-5-17-19(16-8-6-7-9-18(16)21-17)14-10-12-15(13-11-14)20(2,3)4/h6-13,21H,5H2,1-4H3. The summed E-state index contributed by atoms with van der Waals surface area (Å²) in [6.45, 7) is 8.97. The Morgan fingerprint density at radius 2 is 1.57 bits per heavy atom. The molecule has 0 amide bonds. The van der Waals surface area contributed by atoms with Crippen LogP contribution in [0.1, 0.15) is 39.0 Å². The molecule has 0 aliphatic carbocycles. The van der Waals surface area contributed by atoms with E-state index in [0.29, 0.717) is 0 Å². The molecule has 0 fully saturated rings. The van der Waals surface area contributed by atoms with Gasteiger partial charge in [0.15, 0.2) is 0 Å². The van der Waals surface area contributed by atoms with E-state index in [4.69, 9.17) is 0 Å². The van der Waals surface area contributed by atoms with E-state index in [9.17, 15) is 0 Å². The maximum absolute atomic E-state index is 3.56. The summed E-state index contributed by atoms with van der Waals surface area (Å²) in [6.07, 6.45) is 1.02. The first kappa shape index (κ1) is 13.9. The van der Waals surface area contributed by atoms with Crippen molar-refractivity contribution in [2.75, 3.05) is 0 Å². The topological polar surface area (TPSA) is 15.8 Å². The van der Waals surface area contributed by atoms with E-state index in [0.717, 1.165) is 6.42 Å². The van der Waals surface area contributed by atoms with Crippen LogP contribution in [0.15, 0.2) is 48.5 Å². The van der Waals surface area contributed by atoms with E-state index >= 15 is 0 Å². The van der Waals surface area contributed by atoms with Gasteiger partial charge in [-0.15, -0.1) is 0 Å². The van der Waals surface area contributed by atoms with Gasteiger partial charge in [-0.25, -0.2) is 0 Å². The van der Waals surface area contributed by atoms with Crippen LogP contribution in [0.4, 0.5) is 0 Å². The summed E-state index contributed by atoms with van der Waals surface area (Å²) in [5.74, 6) is 0. The van der Waals surface area contributed by atoms with Crippen molar-refractivity contribution < 1.29 is 0 Å². The van der Waals surface area contributed by atoms with E-state index in [-0.39, 0.29) is 5.41 Å². The molecule has 108 valence electrons. The summed E-state index contributed by atoms with van der Waals surface area (Å²) in [5, 5.41) is 1.32. The van der Waals surface area contributed by atoms with Gasteiger partial charge >= 0.3 is 0 Å². The minimum absolute atomic E-state index is 0.201. The molecular formula is C20H23N. The number of aromatic amines is 1. The second-order valence-corrected chi connectivity index (χ2v) is 6.71. The highest BCUT2D eigenvalue weighted by atomic mass is 14.7. The molecule has 1 aromatic heterocycles. The second-order valence-electron chi connectivity index (χ2n) is 6.71. The smallest absolute Gasteiger partial charge is 0.0462 e. The molecule has 1 heteroatoms. The summed E-state index contributed by atoms with van der Waals surface area (Å²) in [4.78, 5) is 3.56. The number of H-pyrrole nitrogens is 1. The normalized spacial score (nSPS) is 12.0. The zero-order valence-electron chi connectivity index (χ0n) is 13.3. The van der Waals surface area contributed by atoms with E-state index in [2.05, 4.69) is 81.2 Å². The van der Waals surface area contributed by atoms with Gasteiger partial charge in [-0.2, -0.15) is 0 Å². The quantitative estimate of drug-likeness (QED) is 0.619. The average Bonchev–Trinajstić information content (AvgIpc) is 2.85. The largest absolute Gasteiger partial charge is 0.358 e. The highest BCUT2D eigenvalue weighted by Gasteiger charge is 2.15. The number of aromatic nitrogens is 1. The molecule has 3 rings (SSSR count). The van der Waals surface area contributed by atoms with Gasteiger partial charge in [0.25, 0.3) is 0 Å². The van der Waals surface area contributed by atoms with Gasteiger partial charge in [-0.1, -0.05) is 70.2 Å². The number of nitrogens with one attached hydrogen (secondary N) is 1. The van der Waals surface area contributed by atoms with Crippen LogP contribution in [0.25, 0.3) is 22.0 Å². The lowest BCUT2D eigenvalue weighted by atomic mass is 9.86. The molecule has 2 aromatic carbocycles. The van der Waals surface area contributed by atoms with Gasteiger partial charge in [-0.3, -0.25) is 0 Å². The monoisotopic (exact) mass is 277 g/mol. The van der Waals surface area contributed by atoms with E-state index < -0.39 is 0 Å². The Balaban J connectivity index is 2.16. The Bertz CT molecular complexity index is 755. The Labute approximate surface area is 127 Å². The van der Waals surface area contributed by atoms with E-state index in [1.807, 2.05) is 0 Å². The van der Waals surface area contributed by atoms with Crippen molar-refractivity contribution in [1.29, 1.82) is 0 Å². The lowest BCUT2D eigenvalue weighted by molar-refractivity contribution is 0.590. The molecule has 1 nitrogen and oxygen atoms in total. The van der Waals surface area contributed by atoms with Gasteiger partial charge in [0.05, 0.1) is 0 Å². The van der Waals surface area contributed by atoms with Gasteiger partial charge < -0.3 is 4.98 Å². The third kappa shape index (κ3) is 2.49. The molecule has 0 aliphatic heterocycles. The van der Waals surface area contributed by atoms with Crippen molar-refractivity contribution in [3.8, 4) is 11.1 Å². The Hall–Kier alpha value is -2.02. The molecule has 0 spiro atoms. The van der Waals surface area contributed by atoms with Crippen molar-refractivity contribution in [3.05, 3.63) is 59.8 Å². The summed E-state index contributed by atoms with van der Waals surface area (Å²) >= 11 is 0. The number of hydrogen-bond acceptors (Lipinski definition) is 0. The first-order chi connectivity index (χ1) is 10.0.